The zero-order chi connectivity index (χ0) is 23.7. The van der Waals surface area contributed by atoms with Gasteiger partial charge in [0.15, 0.2) is 5.78 Å². The average molecular weight is 511 g/mol. The highest BCUT2D eigenvalue weighted by Gasteiger charge is 2.20. The maximum Gasteiger partial charge on any atom is 0.413 e. The summed E-state index contributed by atoms with van der Waals surface area (Å²) in [6.07, 6.45) is -1.18. The minimum Gasteiger partial charge on any atom is -0.465 e. The van der Waals surface area contributed by atoms with Crippen LogP contribution in [-0.4, -0.2) is 39.9 Å². The Morgan fingerprint density at radius 1 is 1.06 bits per heavy atom. The molecule has 0 atom stereocenters. The number of aromatic nitrogens is 2. The van der Waals surface area contributed by atoms with Gasteiger partial charge in [-0.15, -0.1) is 0 Å². The second-order valence-electron chi connectivity index (χ2n) is 7.09. The number of nitrogens with one attached hydrogen (secondary N) is 2. The Hall–Kier alpha value is -4.05. The third-order valence-electron chi connectivity index (χ3n) is 4.93. The summed E-state index contributed by atoms with van der Waals surface area (Å²) in [5.41, 5.74) is 1.95. The van der Waals surface area contributed by atoms with E-state index in [-0.39, 0.29) is 21.5 Å². The molecule has 3 aromatic carbocycles. The van der Waals surface area contributed by atoms with E-state index in [4.69, 9.17) is 5.11 Å². The van der Waals surface area contributed by atoms with Crippen LogP contribution in [0, 0.1) is 5.82 Å². The highest BCUT2D eigenvalue weighted by Crippen LogP contribution is 2.23. The Morgan fingerprint density at radius 2 is 1.79 bits per heavy atom. The smallest absolute Gasteiger partial charge is 0.413 e. The largest absolute Gasteiger partial charge is 0.465 e. The molecule has 4 rings (SSSR count). The summed E-state index contributed by atoms with van der Waals surface area (Å²) in [6, 6.07) is 15.1. The second-order valence-corrected chi connectivity index (χ2v) is 7.95. The van der Waals surface area contributed by atoms with Gasteiger partial charge in [0.05, 0.1) is 21.1 Å². The van der Waals surface area contributed by atoms with Crippen molar-refractivity contribution in [1.82, 2.24) is 9.97 Å². The van der Waals surface area contributed by atoms with Crippen molar-refractivity contribution in [2.75, 3.05) is 17.3 Å². The van der Waals surface area contributed by atoms with Gasteiger partial charge in [-0.1, -0.05) is 18.2 Å². The van der Waals surface area contributed by atoms with Gasteiger partial charge in [0.2, 0.25) is 5.95 Å². The molecule has 0 fully saturated rings. The van der Waals surface area contributed by atoms with E-state index in [9.17, 15) is 18.8 Å². The van der Waals surface area contributed by atoms with Crippen molar-refractivity contribution in [3.63, 3.8) is 0 Å². The standard InChI is InChI=1S/C23H16BrFN4O4/c1-29(23(32)33)22-27-18-9-6-12(10-19(18)28-22)20(30)14-4-2-3-5-15(14)21(31)26-13-7-8-17(25)16(24)11-13/h2-11H,1H3,(H,26,31)(H,27,28)(H,32,33). The van der Waals surface area contributed by atoms with Crippen LogP contribution in [0.2, 0.25) is 0 Å². The van der Waals surface area contributed by atoms with E-state index in [0.29, 0.717) is 22.3 Å². The number of hydrogen-bond acceptors (Lipinski definition) is 4. The molecule has 0 saturated heterocycles. The van der Waals surface area contributed by atoms with E-state index < -0.39 is 23.6 Å². The molecule has 0 aliphatic rings. The van der Waals surface area contributed by atoms with Crippen LogP contribution in [0.15, 0.2) is 65.1 Å². The van der Waals surface area contributed by atoms with Crippen LogP contribution in [0.5, 0.6) is 0 Å². The molecule has 0 aliphatic carbocycles. The first kappa shape index (κ1) is 22.2. The number of rotatable bonds is 5. The summed E-state index contributed by atoms with van der Waals surface area (Å²) in [7, 11) is 1.35. The number of aromatic amines is 1. The van der Waals surface area contributed by atoms with E-state index in [1.165, 1.54) is 31.3 Å². The molecule has 0 bridgehead atoms. The molecule has 166 valence electrons. The van der Waals surface area contributed by atoms with Crippen LogP contribution in [0.25, 0.3) is 11.0 Å². The molecule has 33 heavy (non-hydrogen) atoms. The molecule has 8 nitrogen and oxygen atoms in total. The molecule has 0 aliphatic heterocycles. The van der Waals surface area contributed by atoms with Crippen LogP contribution in [0.3, 0.4) is 0 Å². The maximum atomic E-state index is 13.5. The Morgan fingerprint density at radius 3 is 2.48 bits per heavy atom. The van der Waals surface area contributed by atoms with Crippen LogP contribution < -0.4 is 10.2 Å². The van der Waals surface area contributed by atoms with Crippen molar-refractivity contribution in [3.05, 3.63) is 87.6 Å². The number of H-pyrrole nitrogens is 1. The third kappa shape index (κ3) is 4.46. The molecular formula is C23H16BrFN4O4. The van der Waals surface area contributed by atoms with Crippen molar-refractivity contribution in [1.29, 1.82) is 0 Å². The fourth-order valence-corrected chi connectivity index (χ4v) is 3.57. The number of carbonyl (C=O) groups is 3. The predicted octanol–water partition coefficient (Wildman–Crippen LogP) is 5.06. The zero-order valence-electron chi connectivity index (χ0n) is 17.1. The molecule has 3 N–H and O–H groups in total. The first-order valence-electron chi connectivity index (χ1n) is 9.61. The average Bonchev–Trinajstić information content (AvgIpc) is 3.23. The molecule has 4 aromatic rings. The van der Waals surface area contributed by atoms with Gasteiger partial charge in [-0.2, -0.15) is 0 Å². The van der Waals surface area contributed by atoms with Crippen LogP contribution in [-0.2, 0) is 0 Å². The van der Waals surface area contributed by atoms with Crippen LogP contribution in [0.4, 0.5) is 20.8 Å². The summed E-state index contributed by atoms with van der Waals surface area (Å²) < 4.78 is 13.7. The summed E-state index contributed by atoms with van der Waals surface area (Å²) in [5.74, 6) is -1.26. The number of ketones is 1. The number of nitrogens with zero attached hydrogens (tertiary/aromatic N) is 2. The van der Waals surface area contributed by atoms with E-state index in [2.05, 4.69) is 31.2 Å². The summed E-state index contributed by atoms with van der Waals surface area (Å²) in [4.78, 5) is 45.3. The maximum absolute atomic E-state index is 13.5. The first-order valence-corrected chi connectivity index (χ1v) is 10.4. The lowest BCUT2D eigenvalue weighted by Crippen LogP contribution is -2.24. The number of benzene rings is 3. The lowest BCUT2D eigenvalue weighted by molar-refractivity contribution is 0.0996. The Labute approximate surface area is 195 Å². The molecule has 1 aromatic heterocycles. The molecule has 0 radical (unpaired) electrons. The van der Waals surface area contributed by atoms with E-state index in [0.717, 1.165) is 4.90 Å². The lowest BCUT2D eigenvalue weighted by atomic mass is 9.97. The van der Waals surface area contributed by atoms with Gasteiger partial charge < -0.3 is 15.4 Å². The van der Waals surface area contributed by atoms with Gasteiger partial charge in [0.25, 0.3) is 5.91 Å². The number of hydrogen-bond donors (Lipinski definition) is 3. The van der Waals surface area contributed by atoms with Gasteiger partial charge in [0.1, 0.15) is 5.82 Å². The van der Waals surface area contributed by atoms with Crippen LogP contribution in [0.1, 0.15) is 26.3 Å². The Balaban J connectivity index is 1.65. The topological polar surface area (TPSA) is 115 Å². The quantitative estimate of drug-likeness (QED) is 0.324. The van der Waals surface area contributed by atoms with E-state index in [1.54, 1.807) is 36.4 Å². The number of halogens is 2. The normalized spacial score (nSPS) is 10.8. The summed E-state index contributed by atoms with van der Waals surface area (Å²) in [5, 5.41) is 11.8. The number of carbonyl (C=O) groups excluding carboxylic acids is 2. The van der Waals surface area contributed by atoms with Gasteiger partial charge in [0, 0.05) is 23.9 Å². The lowest BCUT2D eigenvalue weighted by Gasteiger charge is -2.10. The molecule has 1 heterocycles. The van der Waals surface area contributed by atoms with Crippen LogP contribution >= 0.6 is 15.9 Å². The molecule has 2 amide bonds. The minimum atomic E-state index is -1.18. The minimum absolute atomic E-state index is 0.118. The van der Waals surface area contributed by atoms with E-state index in [1.807, 2.05) is 0 Å². The number of imidazole rings is 1. The highest BCUT2D eigenvalue weighted by atomic mass is 79.9. The Kier molecular flexibility index (Phi) is 5.93. The number of amides is 2. The number of fused-ring (bicyclic) bond motifs is 1. The van der Waals surface area contributed by atoms with Gasteiger partial charge >= 0.3 is 6.09 Å². The fourth-order valence-electron chi connectivity index (χ4n) is 3.19. The third-order valence-corrected chi connectivity index (χ3v) is 5.54. The summed E-state index contributed by atoms with van der Waals surface area (Å²) in [6.45, 7) is 0. The zero-order valence-corrected chi connectivity index (χ0v) is 18.7. The molecular weight excluding hydrogens is 495 g/mol. The number of anilines is 2. The molecule has 0 unspecified atom stereocenters. The Bertz CT molecular complexity index is 1420. The molecule has 10 heteroatoms. The monoisotopic (exact) mass is 510 g/mol. The van der Waals surface area contributed by atoms with Gasteiger partial charge in [-0.05, 0) is 58.4 Å². The second kappa shape index (κ2) is 8.83. The van der Waals surface area contributed by atoms with E-state index >= 15 is 0 Å². The first-order chi connectivity index (χ1) is 15.7. The summed E-state index contributed by atoms with van der Waals surface area (Å²) >= 11 is 3.07. The van der Waals surface area contributed by atoms with Crippen molar-refractivity contribution in [2.45, 2.75) is 0 Å². The SMILES string of the molecule is CN(C(=O)O)c1nc2ccc(C(=O)c3ccccc3C(=O)Nc3ccc(F)c(Br)c3)cc2[nH]1. The highest BCUT2D eigenvalue weighted by molar-refractivity contribution is 9.10. The predicted molar refractivity (Wildman–Crippen MR) is 124 cm³/mol. The molecule has 0 spiro atoms. The number of carboxylic acid groups (broad SMARTS) is 1. The van der Waals surface area contributed by atoms with Gasteiger partial charge in [-0.25, -0.2) is 14.2 Å². The fraction of sp³-hybridized carbons (Fsp3) is 0.0435. The van der Waals surface area contributed by atoms with Crippen molar-refractivity contribution in [2.24, 2.45) is 0 Å². The van der Waals surface area contributed by atoms with Crippen molar-refractivity contribution in [3.8, 4) is 0 Å². The van der Waals surface area contributed by atoms with Gasteiger partial charge in [-0.3, -0.25) is 14.5 Å². The molecule has 0 saturated carbocycles. The van der Waals surface area contributed by atoms with Crippen molar-refractivity contribution >= 4 is 56.4 Å². The van der Waals surface area contributed by atoms with Crippen molar-refractivity contribution < 1.29 is 23.9 Å².